The third kappa shape index (κ3) is 3.27. The van der Waals surface area contributed by atoms with Crippen LogP contribution in [0, 0.1) is 17.6 Å². The summed E-state index contributed by atoms with van der Waals surface area (Å²) in [7, 11) is 0. The molecule has 1 aromatic carbocycles. The first kappa shape index (κ1) is 14.9. The maximum absolute atomic E-state index is 13.9. The van der Waals surface area contributed by atoms with Crippen molar-refractivity contribution >= 4 is 0 Å². The standard InChI is InChI=1S/C17H23F2NO/c18-13-8-7-12(15(19)10-13)11-20-9-2-1-5-16(20)14-4-3-6-17(14)21/h7-8,10,14,16-17,21H,1-6,9,11H2. The van der Waals surface area contributed by atoms with Crippen LogP contribution in [-0.4, -0.2) is 28.7 Å². The van der Waals surface area contributed by atoms with E-state index in [1.807, 2.05) is 0 Å². The lowest BCUT2D eigenvalue weighted by Gasteiger charge is -2.40. The zero-order valence-corrected chi connectivity index (χ0v) is 12.3. The molecule has 3 rings (SSSR count). The second-order valence-corrected chi connectivity index (χ2v) is 6.43. The van der Waals surface area contributed by atoms with Crippen molar-refractivity contribution in [3.8, 4) is 0 Å². The van der Waals surface area contributed by atoms with E-state index in [0.29, 0.717) is 24.1 Å². The van der Waals surface area contributed by atoms with Gasteiger partial charge >= 0.3 is 0 Å². The first-order chi connectivity index (χ1) is 10.1. The summed E-state index contributed by atoms with van der Waals surface area (Å²) in [4.78, 5) is 2.29. The Balaban J connectivity index is 1.75. The van der Waals surface area contributed by atoms with E-state index < -0.39 is 11.6 Å². The van der Waals surface area contributed by atoms with Gasteiger partial charge in [-0.05, 0) is 38.3 Å². The van der Waals surface area contributed by atoms with Crippen LogP contribution in [0.3, 0.4) is 0 Å². The van der Waals surface area contributed by atoms with E-state index in [1.54, 1.807) is 6.07 Å². The average molecular weight is 295 g/mol. The fourth-order valence-corrected chi connectivity index (χ4v) is 3.98. The first-order valence-corrected chi connectivity index (χ1v) is 8.01. The molecule has 1 saturated heterocycles. The van der Waals surface area contributed by atoms with Crippen molar-refractivity contribution in [2.45, 2.75) is 57.2 Å². The number of piperidine rings is 1. The molecule has 3 unspecified atom stereocenters. The molecule has 4 heteroatoms. The van der Waals surface area contributed by atoms with Crippen LogP contribution in [-0.2, 0) is 6.54 Å². The molecule has 0 radical (unpaired) electrons. The molecule has 3 atom stereocenters. The molecule has 1 aliphatic carbocycles. The molecule has 21 heavy (non-hydrogen) atoms. The van der Waals surface area contributed by atoms with Crippen molar-refractivity contribution in [2.24, 2.45) is 5.92 Å². The number of nitrogens with zero attached hydrogens (tertiary/aromatic N) is 1. The SMILES string of the molecule is OC1CCCC1C1CCCCN1Cc1ccc(F)cc1F. The predicted octanol–water partition coefficient (Wildman–Crippen LogP) is 3.48. The monoisotopic (exact) mass is 295 g/mol. The number of rotatable bonds is 3. The van der Waals surface area contributed by atoms with E-state index in [4.69, 9.17) is 0 Å². The largest absolute Gasteiger partial charge is 0.393 e. The minimum Gasteiger partial charge on any atom is -0.393 e. The van der Waals surface area contributed by atoms with E-state index in [9.17, 15) is 13.9 Å². The minimum atomic E-state index is -0.530. The minimum absolute atomic E-state index is 0.214. The van der Waals surface area contributed by atoms with Crippen LogP contribution in [0.15, 0.2) is 18.2 Å². The summed E-state index contributed by atoms with van der Waals surface area (Å²) < 4.78 is 26.9. The molecule has 2 fully saturated rings. The number of benzene rings is 1. The predicted molar refractivity (Wildman–Crippen MR) is 77.8 cm³/mol. The normalized spacial score (nSPS) is 30.7. The van der Waals surface area contributed by atoms with Gasteiger partial charge in [0, 0.05) is 30.1 Å². The lowest BCUT2D eigenvalue weighted by atomic mass is 9.87. The Bertz CT molecular complexity index is 494. The van der Waals surface area contributed by atoms with E-state index in [-0.39, 0.29) is 6.10 Å². The van der Waals surface area contributed by atoms with Crippen molar-refractivity contribution in [3.63, 3.8) is 0 Å². The number of likely N-dealkylation sites (tertiary alicyclic amines) is 1. The van der Waals surface area contributed by atoms with Gasteiger partial charge in [0.25, 0.3) is 0 Å². The average Bonchev–Trinajstić information content (AvgIpc) is 2.89. The maximum Gasteiger partial charge on any atom is 0.130 e. The molecule has 2 nitrogen and oxygen atoms in total. The summed E-state index contributed by atoms with van der Waals surface area (Å²) in [5, 5.41) is 10.2. The summed E-state index contributed by atoms with van der Waals surface area (Å²) in [6, 6.07) is 4.16. The number of hydrogen-bond acceptors (Lipinski definition) is 2. The van der Waals surface area contributed by atoms with Gasteiger partial charge in [0.1, 0.15) is 11.6 Å². The molecule has 1 saturated carbocycles. The van der Waals surface area contributed by atoms with Crippen LogP contribution < -0.4 is 0 Å². The van der Waals surface area contributed by atoms with Gasteiger partial charge in [0.2, 0.25) is 0 Å². The second kappa shape index (κ2) is 6.41. The molecule has 0 amide bonds. The molecule has 1 heterocycles. The van der Waals surface area contributed by atoms with Gasteiger partial charge in [0.15, 0.2) is 0 Å². The third-order valence-corrected chi connectivity index (χ3v) is 5.08. The van der Waals surface area contributed by atoms with E-state index >= 15 is 0 Å². The van der Waals surface area contributed by atoms with Crippen molar-refractivity contribution in [2.75, 3.05) is 6.54 Å². The molecule has 1 aliphatic heterocycles. The summed E-state index contributed by atoms with van der Waals surface area (Å²) in [6.07, 6.45) is 6.19. The van der Waals surface area contributed by atoms with E-state index in [1.165, 1.54) is 12.5 Å². The van der Waals surface area contributed by atoms with Crippen molar-refractivity contribution in [1.82, 2.24) is 4.90 Å². The first-order valence-electron chi connectivity index (χ1n) is 8.01. The molecule has 116 valence electrons. The van der Waals surface area contributed by atoms with Gasteiger partial charge in [-0.2, -0.15) is 0 Å². The van der Waals surface area contributed by atoms with Crippen LogP contribution in [0.5, 0.6) is 0 Å². The molecule has 1 aromatic rings. The highest BCUT2D eigenvalue weighted by atomic mass is 19.1. The van der Waals surface area contributed by atoms with Crippen LogP contribution >= 0.6 is 0 Å². The number of aliphatic hydroxyl groups is 1. The molecule has 2 aliphatic rings. The Labute approximate surface area is 124 Å². The second-order valence-electron chi connectivity index (χ2n) is 6.43. The quantitative estimate of drug-likeness (QED) is 0.923. The number of hydrogen-bond donors (Lipinski definition) is 1. The highest BCUT2D eigenvalue weighted by molar-refractivity contribution is 5.18. The Morgan fingerprint density at radius 2 is 1.95 bits per heavy atom. The van der Waals surface area contributed by atoms with Crippen LogP contribution in [0.2, 0.25) is 0 Å². The fraction of sp³-hybridized carbons (Fsp3) is 0.647. The van der Waals surface area contributed by atoms with Crippen molar-refractivity contribution in [1.29, 1.82) is 0 Å². The van der Waals surface area contributed by atoms with Gasteiger partial charge in [-0.25, -0.2) is 8.78 Å². The lowest BCUT2D eigenvalue weighted by molar-refractivity contribution is 0.0308. The van der Waals surface area contributed by atoms with Gasteiger partial charge in [-0.1, -0.05) is 18.9 Å². The molecule has 0 spiro atoms. The molecular formula is C17H23F2NO. The van der Waals surface area contributed by atoms with Gasteiger partial charge in [-0.15, -0.1) is 0 Å². The van der Waals surface area contributed by atoms with Gasteiger partial charge in [-0.3, -0.25) is 4.90 Å². The summed E-state index contributed by atoms with van der Waals surface area (Å²) >= 11 is 0. The highest BCUT2D eigenvalue weighted by Gasteiger charge is 2.37. The zero-order chi connectivity index (χ0) is 14.8. The Morgan fingerprint density at radius 3 is 2.67 bits per heavy atom. The highest BCUT2D eigenvalue weighted by Crippen LogP contribution is 2.35. The van der Waals surface area contributed by atoms with Gasteiger partial charge in [0.05, 0.1) is 6.10 Å². The topological polar surface area (TPSA) is 23.5 Å². The summed E-state index contributed by atoms with van der Waals surface area (Å²) in [6.45, 7) is 1.45. The molecular weight excluding hydrogens is 272 g/mol. The van der Waals surface area contributed by atoms with Gasteiger partial charge < -0.3 is 5.11 Å². The van der Waals surface area contributed by atoms with Crippen LogP contribution in [0.4, 0.5) is 8.78 Å². The Kier molecular flexibility index (Phi) is 4.55. The smallest absolute Gasteiger partial charge is 0.130 e. The summed E-state index contributed by atoms with van der Waals surface area (Å²) in [5.41, 5.74) is 0.552. The number of halogens is 2. The van der Waals surface area contributed by atoms with Crippen molar-refractivity contribution in [3.05, 3.63) is 35.4 Å². The maximum atomic E-state index is 13.9. The molecule has 1 N–H and O–H groups in total. The lowest BCUT2D eigenvalue weighted by Crippen LogP contribution is -2.45. The summed E-state index contributed by atoms with van der Waals surface area (Å²) in [5.74, 6) is -0.683. The molecule has 0 bridgehead atoms. The Hall–Kier alpha value is -1.00. The zero-order valence-electron chi connectivity index (χ0n) is 12.3. The van der Waals surface area contributed by atoms with Crippen molar-refractivity contribution < 1.29 is 13.9 Å². The van der Waals surface area contributed by atoms with Crippen LogP contribution in [0.25, 0.3) is 0 Å². The van der Waals surface area contributed by atoms with E-state index in [0.717, 1.165) is 44.7 Å². The van der Waals surface area contributed by atoms with Crippen LogP contribution in [0.1, 0.15) is 44.1 Å². The van der Waals surface area contributed by atoms with E-state index in [2.05, 4.69) is 4.90 Å². The third-order valence-electron chi connectivity index (χ3n) is 5.08. The molecule has 0 aromatic heterocycles. The fourth-order valence-electron chi connectivity index (χ4n) is 3.98. The number of aliphatic hydroxyl groups excluding tert-OH is 1. The Morgan fingerprint density at radius 1 is 1.10 bits per heavy atom.